The number of nitrogens with one attached hydrogen (secondary N) is 1. The number of rotatable bonds is 3. The van der Waals surface area contributed by atoms with Gasteiger partial charge in [0.25, 0.3) is 0 Å². The molecule has 2 heteroatoms. The Bertz CT molecular complexity index is 181. The van der Waals surface area contributed by atoms with Crippen molar-refractivity contribution in [2.75, 3.05) is 0 Å². The number of hydrazone groups is 1. The minimum Gasteiger partial charge on any atom is -0.305 e. The van der Waals surface area contributed by atoms with Gasteiger partial charge in [-0.05, 0) is 39.5 Å². The van der Waals surface area contributed by atoms with Gasteiger partial charge in [0.15, 0.2) is 0 Å². The summed E-state index contributed by atoms with van der Waals surface area (Å²) >= 11 is 0. The van der Waals surface area contributed by atoms with Crippen molar-refractivity contribution in [2.24, 2.45) is 10.5 Å². The van der Waals surface area contributed by atoms with Crippen LogP contribution in [-0.4, -0.2) is 11.3 Å². The van der Waals surface area contributed by atoms with Gasteiger partial charge < -0.3 is 5.43 Å². The van der Waals surface area contributed by atoms with Crippen molar-refractivity contribution in [1.29, 1.82) is 0 Å². The molecule has 2 nitrogen and oxygen atoms in total. The van der Waals surface area contributed by atoms with Gasteiger partial charge in [-0.15, -0.1) is 0 Å². The van der Waals surface area contributed by atoms with Crippen LogP contribution >= 0.6 is 0 Å². The summed E-state index contributed by atoms with van der Waals surface area (Å²) in [6.45, 7) is 15.1. The molecule has 0 aliphatic rings. The molecule has 0 aliphatic carbocycles. The molecule has 0 heterocycles. The van der Waals surface area contributed by atoms with E-state index in [0.717, 1.165) is 12.1 Å². The van der Waals surface area contributed by atoms with E-state index in [4.69, 9.17) is 0 Å². The molecular formula is C11H24N2. The summed E-state index contributed by atoms with van der Waals surface area (Å²) in [4.78, 5) is 0. The van der Waals surface area contributed by atoms with Crippen molar-refractivity contribution in [3.05, 3.63) is 0 Å². The third-order valence-electron chi connectivity index (χ3n) is 1.55. The van der Waals surface area contributed by atoms with E-state index in [-0.39, 0.29) is 5.54 Å². The zero-order valence-corrected chi connectivity index (χ0v) is 10.2. The van der Waals surface area contributed by atoms with Gasteiger partial charge in [0.05, 0.1) is 0 Å². The lowest BCUT2D eigenvalue weighted by Gasteiger charge is -2.32. The smallest absolute Gasteiger partial charge is 0.0497 e. The maximum atomic E-state index is 4.25. The van der Waals surface area contributed by atoms with Crippen LogP contribution in [0, 0.1) is 5.41 Å². The molecule has 0 bridgehead atoms. The van der Waals surface area contributed by atoms with Crippen LogP contribution in [0.15, 0.2) is 5.10 Å². The SMILES string of the molecule is CC(C)=NNC(C)(C)CC(C)(C)C. The molecule has 0 aromatic heterocycles. The second-order valence-electron chi connectivity index (χ2n) is 5.79. The van der Waals surface area contributed by atoms with Gasteiger partial charge in [-0.25, -0.2) is 0 Å². The lowest BCUT2D eigenvalue weighted by atomic mass is 9.82. The van der Waals surface area contributed by atoms with Crippen molar-refractivity contribution < 1.29 is 0 Å². The minimum atomic E-state index is 0.0789. The summed E-state index contributed by atoms with van der Waals surface area (Å²) in [6.07, 6.45) is 1.11. The maximum Gasteiger partial charge on any atom is 0.0497 e. The molecule has 0 aromatic rings. The molecule has 0 rings (SSSR count). The van der Waals surface area contributed by atoms with Crippen molar-refractivity contribution in [2.45, 2.75) is 60.4 Å². The van der Waals surface area contributed by atoms with E-state index in [1.165, 1.54) is 0 Å². The fourth-order valence-electron chi connectivity index (χ4n) is 1.63. The second-order valence-corrected chi connectivity index (χ2v) is 5.79. The van der Waals surface area contributed by atoms with E-state index in [1.807, 2.05) is 13.8 Å². The Morgan fingerprint density at radius 2 is 1.54 bits per heavy atom. The van der Waals surface area contributed by atoms with E-state index in [9.17, 15) is 0 Å². The Morgan fingerprint density at radius 1 is 1.08 bits per heavy atom. The Balaban J connectivity index is 4.17. The van der Waals surface area contributed by atoms with E-state index >= 15 is 0 Å². The molecule has 0 saturated heterocycles. The van der Waals surface area contributed by atoms with Crippen LogP contribution in [0.5, 0.6) is 0 Å². The summed E-state index contributed by atoms with van der Waals surface area (Å²) in [7, 11) is 0. The quantitative estimate of drug-likeness (QED) is 0.528. The lowest BCUT2D eigenvalue weighted by Crippen LogP contribution is -2.39. The highest BCUT2D eigenvalue weighted by molar-refractivity contribution is 5.78. The molecule has 0 fully saturated rings. The van der Waals surface area contributed by atoms with E-state index in [0.29, 0.717) is 5.41 Å². The maximum absolute atomic E-state index is 4.25. The summed E-state index contributed by atoms with van der Waals surface area (Å²) in [5.41, 5.74) is 4.69. The molecule has 1 N–H and O–H groups in total. The van der Waals surface area contributed by atoms with Crippen molar-refractivity contribution in [3.8, 4) is 0 Å². The first-order valence-corrected chi connectivity index (χ1v) is 4.90. The highest BCUT2D eigenvalue weighted by atomic mass is 15.3. The predicted molar refractivity (Wildman–Crippen MR) is 60.1 cm³/mol. The van der Waals surface area contributed by atoms with Crippen LogP contribution in [0.1, 0.15) is 54.9 Å². The fourth-order valence-corrected chi connectivity index (χ4v) is 1.63. The molecule has 0 spiro atoms. The highest BCUT2D eigenvalue weighted by Gasteiger charge is 2.24. The molecule has 0 amide bonds. The fraction of sp³-hybridized carbons (Fsp3) is 0.909. The first-order chi connectivity index (χ1) is 5.62. The van der Waals surface area contributed by atoms with E-state index in [1.54, 1.807) is 0 Å². The Hall–Kier alpha value is -0.530. The zero-order valence-electron chi connectivity index (χ0n) is 10.2. The Kier molecular flexibility index (Phi) is 3.95. The van der Waals surface area contributed by atoms with E-state index in [2.05, 4.69) is 45.1 Å². The van der Waals surface area contributed by atoms with Crippen LogP contribution < -0.4 is 5.43 Å². The van der Waals surface area contributed by atoms with Gasteiger partial charge >= 0.3 is 0 Å². The van der Waals surface area contributed by atoms with Crippen LogP contribution in [0.25, 0.3) is 0 Å². The normalized spacial score (nSPS) is 12.5. The largest absolute Gasteiger partial charge is 0.305 e. The van der Waals surface area contributed by atoms with Gasteiger partial charge in [-0.1, -0.05) is 20.8 Å². The van der Waals surface area contributed by atoms with Crippen molar-refractivity contribution in [1.82, 2.24) is 5.43 Å². The first kappa shape index (κ1) is 12.5. The van der Waals surface area contributed by atoms with Gasteiger partial charge in [0.2, 0.25) is 0 Å². The number of nitrogens with zero attached hydrogens (tertiary/aromatic N) is 1. The Labute approximate surface area is 82.8 Å². The van der Waals surface area contributed by atoms with Crippen LogP contribution in [0.4, 0.5) is 0 Å². The van der Waals surface area contributed by atoms with Gasteiger partial charge in [-0.3, -0.25) is 0 Å². The summed E-state index contributed by atoms with van der Waals surface area (Å²) in [5, 5.41) is 4.25. The lowest BCUT2D eigenvalue weighted by molar-refractivity contribution is 0.245. The zero-order chi connectivity index (χ0) is 10.7. The van der Waals surface area contributed by atoms with Gasteiger partial charge in [0, 0.05) is 11.3 Å². The molecule has 0 unspecified atom stereocenters. The molecule has 0 radical (unpaired) electrons. The first-order valence-electron chi connectivity index (χ1n) is 4.90. The van der Waals surface area contributed by atoms with Crippen LogP contribution in [0.2, 0.25) is 0 Å². The minimum absolute atomic E-state index is 0.0789. The van der Waals surface area contributed by atoms with Gasteiger partial charge in [-0.2, -0.15) is 5.10 Å². The molecule has 0 saturated carbocycles. The molecule has 0 aliphatic heterocycles. The number of hydrogen-bond acceptors (Lipinski definition) is 2. The molecule has 13 heavy (non-hydrogen) atoms. The highest BCUT2D eigenvalue weighted by Crippen LogP contribution is 2.26. The van der Waals surface area contributed by atoms with E-state index < -0.39 is 0 Å². The second kappa shape index (κ2) is 4.12. The summed E-state index contributed by atoms with van der Waals surface area (Å²) in [5.74, 6) is 0. The van der Waals surface area contributed by atoms with Crippen LogP contribution in [-0.2, 0) is 0 Å². The monoisotopic (exact) mass is 184 g/mol. The Morgan fingerprint density at radius 3 is 1.85 bits per heavy atom. The molecule has 0 atom stereocenters. The average molecular weight is 184 g/mol. The molecule has 78 valence electrons. The third kappa shape index (κ3) is 7.82. The van der Waals surface area contributed by atoms with Crippen LogP contribution in [0.3, 0.4) is 0 Å². The standard InChI is InChI=1S/C11H24N2/c1-9(2)12-13-11(6,7)8-10(3,4)5/h13H,8H2,1-7H3. The third-order valence-corrected chi connectivity index (χ3v) is 1.55. The predicted octanol–water partition coefficient (Wildman–Crippen LogP) is 3.19. The topological polar surface area (TPSA) is 24.4 Å². The number of hydrogen-bond donors (Lipinski definition) is 1. The van der Waals surface area contributed by atoms with Crippen molar-refractivity contribution in [3.63, 3.8) is 0 Å². The molecular weight excluding hydrogens is 160 g/mol. The summed E-state index contributed by atoms with van der Waals surface area (Å²) < 4.78 is 0. The van der Waals surface area contributed by atoms with Crippen molar-refractivity contribution >= 4 is 5.71 Å². The van der Waals surface area contributed by atoms with Gasteiger partial charge in [0.1, 0.15) is 0 Å². The molecule has 0 aromatic carbocycles. The summed E-state index contributed by atoms with van der Waals surface area (Å²) in [6, 6.07) is 0. The average Bonchev–Trinajstić information content (AvgIpc) is 1.78.